The first kappa shape index (κ1) is 16.2. The van der Waals surface area contributed by atoms with Gasteiger partial charge in [-0.25, -0.2) is 18.9 Å². The van der Waals surface area contributed by atoms with Gasteiger partial charge in [-0.15, -0.1) is 0 Å². The van der Waals surface area contributed by atoms with Gasteiger partial charge >= 0.3 is 6.03 Å². The van der Waals surface area contributed by atoms with Crippen molar-refractivity contribution >= 4 is 21.6 Å². The summed E-state index contributed by atoms with van der Waals surface area (Å²) in [6.45, 7) is 2.16. The van der Waals surface area contributed by atoms with Crippen LogP contribution in [0.2, 0.25) is 0 Å². The van der Waals surface area contributed by atoms with Crippen LogP contribution >= 0.6 is 0 Å². The smallest absolute Gasteiger partial charge is 0.305 e. The first-order valence-electron chi connectivity index (χ1n) is 8.32. The van der Waals surface area contributed by atoms with E-state index in [4.69, 9.17) is 14.9 Å². The number of amides is 1. The van der Waals surface area contributed by atoms with E-state index in [2.05, 4.69) is 17.3 Å². The van der Waals surface area contributed by atoms with E-state index in [0.29, 0.717) is 5.92 Å². The lowest BCUT2D eigenvalue weighted by molar-refractivity contribution is 0.250. The Kier molecular flexibility index (Phi) is 3.66. The van der Waals surface area contributed by atoms with Gasteiger partial charge in [-0.3, -0.25) is 4.98 Å². The summed E-state index contributed by atoms with van der Waals surface area (Å²) in [7, 11) is -3.44. The fourth-order valence-electron chi connectivity index (χ4n) is 3.70. The second kappa shape index (κ2) is 5.63. The van der Waals surface area contributed by atoms with Crippen LogP contribution in [-0.2, 0) is 29.2 Å². The molecule has 0 saturated heterocycles. The second-order valence-electron chi connectivity index (χ2n) is 6.70. The normalized spacial score (nSPS) is 20.8. The first-order chi connectivity index (χ1) is 11.8. The Morgan fingerprint density at radius 3 is 2.92 bits per heavy atom. The quantitative estimate of drug-likeness (QED) is 0.758. The van der Waals surface area contributed by atoms with E-state index in [1.54, 1.807) is 0 Å². The van der Waals surface area contributed by atoms with E-state index >= 15 is 0 Å². The predicted octanol–water partition coefficient (Wildman–Crippen LogP) is 2.18. The van der Waals surface area contributed by atoms with Gasteiger partial charge in [-0.05, 0) is 55.2 Å². The molecule has 4 rings (SSSR count). The molecule has 8 nitrogen and oxygen atoms in total. The van der Waals surface area contributed by atoms with Gasteiger partial charge in [0, 0.05) is 17.6 Å². The van der Waals surface area contributed by atoms with Gasteiger partial charge in [0.2, 0.25) is 0 Å². The Balaban J connectivity index is 1.71. The number of aryl methyl sites for hydroxylation is 1. The molecule has 1 amide bonds. The van der Waals surface area contributed by atoms with E-state index in [0.717, 1.165) is 65.0 Å². The molecule has 2 aliphatic carbocycles. The molecule has 132 valence electrons. The predicted molar refractivity (Wildman–Crippen MR) is 93.0 cm³/mol. The van der Waals surface area contributed by atoms with Crippen LogP contribution in [0.3, 0.4) is 0 Å². The van der Waals surface area contributed by atoms with Crippen LogP contribution in [0.4, 0.5) is 10.5 Å². The number of carbonyl (C=O) groups is 1. The summed E-state index contributed by atoms with van der Waals surface area (Å²) in [5, 5.41) is 12.0. The lowest BCUT2D eigenvalue weighted by Gasteiger charge is -2.16. The first-order valence-corrected chi connectivity index (χ1v) is 9.95. The Labute approximate surface area is 145 Å². The number of hydrogen-bond acceptors (Lipinski definition) is 5. The number of fused-ring (bicyclic) bond motifs is 2. The summed E-state index contributed by atoms with van der Waals surface area (Å²) in [5.74, 6) is 0.401. The minimum atomic E-state index is -3.44. The molecule has 2 aromatic rings. The van der Waals surface area contributed by atoms with Crippen molar-refractivity contribution in [2.24, 2.45) is 5.14 Å². The van der Waals surface area contributed by atoms with E-state index in [1.807, 2.05) is 0 Å². The third-order valence-electron chi connectivity index (χ3n) is 4.97. The number of rotatable bonds is 2. The number of aromatic nitrogens is 3. The van der Waals surface area contributed by atoms with Crippen molar-refractivity contribution < 1.29 is 9.00 Å². The van der Waals surface area contributed by atoms with Gasteiger partial charge in [0.1, 0.15) is 0 Å². The van der Waals surface area contributed by atoms with E-state index in [1.165, 1.54) is 12.3 Å². The molecular formula is C16H20N6O2S. The van der Waals surface area contributed by atoms with Crippen molar-refractivity contribution in [2.45, 2.75) is 50.0 Å². The van der Waals surface area contributed by atoms with Gasteiger partial charge in [-0.2, -0.15) is 9.78 Å². The molecule has 0 spiro atoms. The van der Waals surface area contributed by atoms with Crippen LogP contribution in [0.15, 0.2) is 17.3 Å². The topological polar surface area (TPSA) is 127 Å². The SMILES string of the molecule is C[C@@H]1CCc2c1nc1c(c2NC(=O)n2ccc(S(=N)(N)=O)n2)CCC1. The van der Waals surface area contributed by atoms with Crippen LogP contribution in [0.5, 0.6) is 0 Å². The fraction of sp³-hybridized carbons (Fsp3) is 0.438. The summed E-state index contributed by atoms with van der Waals surface area (Å²) in [6.07, 6.45) is 6.21. The molecule has 0 radical (unpaired) electrons. The van der Waals surface area contributed by atoms with Gasteiger partial charge < -0.3 is 5.32 Å². The number of nitrogens with zero attached hydrogens (tertiary/aromatic N) is 3. The highest BCUT2D eigenvalue weighted by Crippen LogP contribution is 2.41. The molecule has 0 saturated carbocycles. The summed E-state index contributed by atoms with van der Waals surface area (Å²) < 4.78 is 20.0. The van der Waals surface area contributed by atoms with E-state index in [9.17, 15) is 9.00 Å². The summed E-state index contributed by atoms with van der Waals surface area (Å²) >= 11 is 0. The van der Waals surface area contributed by atoms with Crippen LogP contribution in [0.25, 0.3) is 0 Å². The standard InChI is InChI=1S/C16H20N6O2S/c1-9-5-6-11-14(9)19-12-4-2-3-10(12)15(11)20-16(23)22-8-7-13(21-22)25(17,18)24/h7-9H,2-6H2,1H3,(H3,17,18,24)(H,19,20,23)/t9-/m1/s1. The fourth-order valence-corrected chi connectivity index (χ4v) is 4.17. The van der Waals surface area contributed by atoms with Crippen molar-refractivity contribution in [3.05, 3.63) is 34.8 Å². The molecule has 25 heavy (non-hydrogen) atoms. The zero-order chi connectivity index (χ0) is 17.8. The molecular weight excluding hydrogens is 340 g/mol. The zero-order valence-corrected chi connectivity index (χ0v) is 14.7. The maximum absolute atomic E-state index is 12.6. The van der Waals surface area contributed by atoms with Crippen molar-refractivity contribution in [3.8, 4) is 0 Å². The molecule has 2 heterocycles. The highest BCUT2D eigenvalue weighted by molar-refractivity contribution is 7.90. The number of anilines is 1. The van der Waals surface area contributed by atoms with Gasteiger partial charge in [0.05, 0.1) is 5.69 Å². The highest BCUT2D eigenvalue weighted by atomic mass is 32.2. The van der Waals surface area contributed by atoms with Crippen molar-refractivity contribution in [2.75, 3.05) is 5.32 Å². The number of carbonyl (C=O) groups excluding carboxylic acids is 1. The van der Waals surface area contributed by atoms with Crippen molar-refractivity contribution in [1.82, 2.24) is 14.8 Å². The van der Waals surface area contributed by atoms with Gasteiger partial charge in [0.15, 0.2) is 14.9 Å². The van der Waals surface area contributed by atoms with E-state index < -0.39 is 15.9 Å². The summed E-state index contributed by atoms with van der Waals surface area (Å²) in [4.78, 5) is 17.4. The van der Waals surface area contributed by atoms with Crippen LogP contribution in [0, 0.1) is 4.78 Å². The second-order valence-corrected chi connectivity index (χ2v) is 8.32. The summed E-state index contributed by atoms with van der Waals surface area (Å²) in [5.41, 5.74) is 5.28. The number of nitrogens with two attached hydrogens (primary N) is 1. The minimum Gasteiger partial charge on any atom is -0.305 e. The average Bonchev–Trinajstić information content (AvgIpc) is 3.26. The number of hydrogen-bond donors (Lipinski definition) is 3. The Hall–Kier alpha value is -2.26. The molecule has 2 aliphatic rings. The number of nitrogens with one attached hydrogen (secondary N) is 2. The van der Waals surface area contributed by atoms with Crippen molar-refractivity contribution in [1.29, 1.82) is 4.78 Å². The molecule has 2 atom stereocenters. The molecule has 0 fully saturated rings. The largest absolute Gasteiger partial charge is 0.346 e. The molecule has 0 aromatic carbocycles. The zero-order valence-electron chi connectivity index (χ0n) is 13.9. The molecule has 0 bridgehead atoms. The molecule has 1 unspecified atom stereocenters. The number of pyridine rings is 1. The maximum Gasteiger partial charge on any atom is 0.346 e. The van der Waals surface area contributed by atoms with Gasteiger partial charge in [0.25, 0.3) is 0 Å². The van der Waals surface area contributed by atoms with Crippen molar-refractivity contribution in [3.63, 3.8) is 0 Å². The summed E-state index contributed by atoms with van der Waals surface area (Å²) in [6, 6.07) is 0.884. The maximum atomic E-state index is 12.6. The minimum absolute atomic E-state index is 0.110. The lowest BCUT2D eigenvalue weighted by atomic mass is 10.0. The Bertz CT molecular complexity index is 979. The molecule has 4 N–H and O–H groups in total. The Morgan fingerprint density at radius 2 is 2.20 bits per heavy atom. The highest BCUT2D eigenvalue weighted by Gasteiger charge is 2.30. The van der Waals surface area contributed by atoms with Crippen LogP contribution < -0.4 is 10.5 Å². The third kappa shape index (κ3) is 2.73. The molecule has 9 heteroatoms. The average molecular weight is 360 g/mol. The molecule has 2 aromatic heterocycles. The third-order valence-corrected chi connectivity index (χ3v) is 5.81. The van der Waals surface area contributed by atoms with Crippen LogP contribution in [-0.4, -0.2) is 25.0 Å². The molecule has 0 aliphatic heterocycles. The van der Waals surface area contributed by atoms with Gasteiger partial charge in [-0.1, -0.05) is 6.92 Å². The van der Waals surface area contributed by atoms with Crippen LogP contribution in [0.1, 0.15) is 48.2 Å². The Morgan fingerprint density at radius 1 is 1.40 bits per heavy atom. The monoisotopic (exact) mass is 360 g/mol. The van der Waals surface area contributed by atoms with E-state index in [-0.39, 0.29) is 5.03 Å². The lowest BCUT2D eigenvalue weighted by Crippen LogP contribution is -2.23.